The molecule has 8 heteroatoms. The highest BCUT2D eigenvalue weighted by Crippen LogP contribution is 2.33. The summed E-state index contributed by atoms with van der Waals surface area (Å²) in [7, 11) is 0. The number of phenolic OH excluding ortho intramolecular Hbond substituents is 1. The number of amides is 1. The summed E-state index contributed by atoms with van der Waals surface area (Å²) in [6.07, 6.45) is 0. The molecular formula is C12H14N2O6. The van der Waals surface area contributed by atoms with E-state index in [1.807, 2.05) is 0 Å². The topological polar surface area (TPSA) is 130 Å². The lowest BCUT2D eigenvalue weighted by Gasteiger charge is -2.16. The fourth-order valence-corrected chi connectivity index (χ4v) is 1.49. The number of aliphatic carboxylic acids is 1. The predicted octanol–water partition coefficient (Wildman–Crippen LogP) is 1.60. The first-order chi connectivity index (χ1) is 9.25. The second-order valence-electron chi connectivity index (χ2n) is 4.33. The van der Waals surface area contributed by atoms with E-state index in [0.717, 1.165) is 6.07 Å². The van der Waals surface area contributed by atoms with Crippen molar-refractivity contribution < 1.29 is 24.7 Å². The van der Waals surface area contributed by atoms with Gasteiger partial charge in [-0.15, -0.1) is 0 Å². The maximum absolute atomic E-state index is 11.9. The number of carboxylic acids is 1. The molecule has 0 aromatic heterocycles. The van der Waals surface area contributed by atoms with Crippen molar-refractivity contribution in [3.63, 3.8) is 0 Å². The van der Waals surface area contributed by atoms with Crippen LogP contribution in [0.15, 0.2) is 18.2 Å². The minimum absolute atomic E-state index is 0.341. The lowest BCUT2D eigenvalue weighted by molar-refractivity contribution is -0.384. The van der Waals surface area contributed by atoms with Crippen molar-refractivity contribution in [2.75, 3.05) is 5.32 Å². The molecule has 0 aliphatic heterocycles. The van der Waals surface area contributed by atoms with Crippen LogP contribution < -0.4 is 5.32 Å². The summed E-state index contributed by atoms with van der Waals surface area (Å²) in [5.41, 5.74) is -0.805. The number of hydrogen-bond donors (Lipinski definition) is 3. The number of rotatable bonds is 5. The molecule has 1 amide bonds. The molecule has 1 aromatic carbocycles. The molecule has 1 aromatic rings. The van der Waals surface area contributed by atoms with Gasteiger partial charge in [-0.1, -0.05) is 19.9 Å². The SMILES string of the molecule is CC(C(=O)O)C(C)C(=O)Nc1c(O)cccc1[N+](=O)[O-]. The number of benzene rings is 1. The number of nitrogens with one attached hydrogen (secondary N) is 1. The highest BCUT2D eigenvalue weighted by molar-refractivity contribution is 5.98. The van der Waals surface area contributed by atoms with E-state index in [1.165, 1.54) is 26.0 Å². The first kappa shape index (κ1) is 15.4. The quantitative estimate of drug-likeness (QED) is 0.427. The average Bonchev–Trinajstić information content (AvgIpc) is 2.38. The smallest absolute Gasteiger partial charge is 0.307 e. The summed E-state index contributed by atoms with van der Waals surface area (Å²) in [5.74, 6) is -4.20. The number of phenols is 1. The Morgan fingerprint density at radius 3 is 2.40 bits per heavy atom. The molecule has 2 atom stereocenters. The third kappa shape index (κ3) is 3.22. The Hall–Kier alpha value is -2.64. The predicted molar refractivity (Wildman–Crippen MR) is 69.4 cm³/mol. The highest BCUT2D eigenvalue weighted by Gasteiger charge is 2.28. The maximum atomic E-state index is 11.9. The van der Waals surface area contributed by atoms with Crippen LogP contribution in [0.1, 0.15) is 13.8 Å². The van der Waals surface area contributed by atoms with Gasteiger partial charge in [0.1, 0.15) is 5.75 Å². The number of nitro benzene ring substituents is 1. The summed E-state index contributed by atoms with van der Waals surface area (Å²) >= 11 is 0. The Balaban J connectivity index is 3.02. The normalized spacial score (nSPS) is 13.3. The molecule has 0 aliphatic rings. The molecule has 20 heavy (non-hydrogen) atoms. The third-order valence-corrected chi connectivity index (χ3v) is 3.02. The standard InChI is InChI=1S/C12H14N2O6/c1-6(7(2)12(17)18)11(16)13-10-8(14(19)20)4-3-5-9(10)15/h3-7,15H,1-2H3,(H,13,16)(H,17,18). The Labute approximate surface area is 114 Å². The number of nitrogens with zero attached hydrogens (tertiary/aromatic N) is 1. The molecule has 0 radical (unpaired) electrons. The molecule has 0 aliphatic carbocycles. The van der Waals surface area contributed by atoms with Crippen LogP contribution in [0.2, 0.25) is 0 Å². The van der Waals surface area contributed by atoms with Gasteiger partial charge in [-0.05, 0) is 6.07 Å². The number of aromatic hydroxyl groups is 1. The van der Waals surface area contributed by atoms with Crippen molar-refractivity contribution in [1.82, 2.24) is 0 Å². The van der Waals surface area contributed by atoms with Gasteiger partial charge in [0.2, 0.25) is 5.91 Å². The lowest BCUT2D eigenvalue weighted by Crippen LogP contribution is -2.30. The number of carboxylic acid groups (broad SMARTS) is 1. The van der Waals surface area contributed by atoms with E-state index in [2.05, 4.69) is 5.32 Å². The number of hydrogen-bond acceptors (Lipinski definition) is 5. The molecule has 8 nitrogen and oxygen atoms in total. The monoisotopic (exact) mass is 282 g/mol. The minimum atomic E-state index is -1.15. The van der Waals surface area contributed by atoms with Crippen LogP contribution in [0.3, 0.4) is 0 Å². The summed E-state index contributed by atoms with van der Waals surface area (Å²) in [6, 6.07) is 3.58. The van der Waals surface area contributed by atoms with E-state index in [4.69, 9.17) is 5.11 Å². The zero-order valence-electron chi connectivity index (χ0n) is 10.9. The van der Waals surface area contributed by atoms with Crippen LogP contribution in [-0.2, 0) is 9.59 Å². The van der Waals surface area contributed by atoms with E-state index in [0.29, 0.717) is 0 Å². The van der Waals surface area contributed by atoms with Gasteiger partial charge in [0.15, 0.2) is 5.69 Å². The van der Waals surface area contributed by atoms with E-state index in [1.54, 1.807) is 0 Å². The first-order valence-electron chi connectivity index (χ1n) is 5.75. The molecule has 108 valence electrons. The molecule has 0 spiro atoms. The largest absolute Gasteiger partial charge is 0.505 e. The number of para-hydroxylation sites is 1. The fraction of sp³-hybridized carbons (Fsp3) is 0.333. The molecule has 0 fully saturated rings. The molecule has 3 N–H and O–H groups in total. The van der Waals surface area contributed by atoms with Crippen molar-refractivity contribution >= 4 is 23.3 Å². The van der Waals surface area contributed by atoms with Gasteiger partial charge in [-0.2, -0.15) is 0 Å². The van der Waals surface area contributed by atoms with Crippen molar-refractivity contribution in [3.8, 4) is 5.75 Å². The van der Waals surface area contributed by atoms with Crippen LogP contribution in [0, 0.1) is 22.0 Å². The van der Waals surface area contributed by atoms with Gasteiger partial charge in [-0.3, -0.25) is 19.7 Å². The van der Waals surface area contributed by atoms with Crippen LogP contribution >= 0.6 is 0 Å². The van der Waals surface area contributed by atoms with Crippen molar-refractivity contribution in [2.45, 2.75) is 13.8 Å². The zero-order valence-corrected chi connectivity index (χ0v) is 10.9. The Kier molecular flexibility index (Phi) is 4.63. The molecule has 0 bridgehead atoms. The molecule has 0 saturated heterocycles. The third-order valence-electron chi connectivity index (χ3n) is 3.02. The molecule has 2 unspecified atom stereocenters. The van der Waals surface area contributed by atoms with Gasteiger partial charge in [0.05, 0.1) is 10.8 Å². The molecule has 0 heterocycles. The molecule has 1 rings (SSSR count). The van der Waals surface area contributed by atoms with E-state index in [9.17, 15) is 24.8 Å². The van der Waals surface area contributed by atoms with Crippen LogP contribution in [0.25, 0.3) is 0 Å². The first-order valence-corrected chi connectivity index (χ1v) is 5.75. The van der Waals surface area contributed by atoms with Gasteiger partial charge >= 0.3 is 5.97 Å². The number of carbonyl (C=O) groups excluding carboxylic acids is 1. The second kappa shape index (κ2) is 6.00. The minimum Gasteiger partial charge on any atom is -0.505 e. The van der Waals surface area contributed by atoms with Crippen molar-refractivity contribution in [2.24, 2.45) is 11.8 Å². The second-order valence-corrected chi connectivity index (χ2v) is 4.33. The van der Waals surface area contributed by atoms with Gasteiger partial charge in [-0.25, -0.2) is 0 Å². The Morgan fingerprint density at radius 1 is 1.30 bits per heavy atom. The van der Waals surface area contributed by atoms with Gasteiger partial charge < -0.3 is 15.5 Å². The maximum Gasteiger partial charge on any atom is 0.307 e. The Morgan fingerprint density at radius 2 is 1.90 bits per heavy atom. The van der Waals surface area contributed by atoms with Crippen LogP contribution in [0.4, 0.5) is 11.4 Å². The van der Waals surface area contributed by atoms with Gasteiger partial charge in [0.25, 0.3) is 5.69 Å². The van der Waals surface area contributed by atoms with E-state index < -0.39 is 40.1 Å². The summed E-state index contributed by atoms with van der Waals surface area (Å²) < 4.78 is 0. The van der Waals surface area contributed by atoms with E-state index >= 15 is 0 Å². The summed E-state index contributed by atoms with van der Waals surface area (Å²) in [6.45, 7) is 2.74. The number of nitro groups is 1. The molecule has 0 saturated carbocycles. The van der Waals surface area contributed by atoms with Gasteiger partial charge in [0, 0.05) is 12.0 Å². The van der Waals surface area contributed by atoms with Crippen LogP contribution in [0.5, 0.6) is 5.75 Å². The zero-order chi connectivity index (χ0) is 15.4. The average molecular weight is 282 g/mol. The van der Waals surface area contributed by atoms with Crippen LogP contribution in [-0.4, -0.2) is 27.0 Å². The molecular weight excluding hydrogens is 268 g/mol. The van der Waals surface area contributed by atoms with E-state index in [-0.39, 0.29) is 5.69 Å². The van der Waals surface area contributed by atoms with Crippen molar-refractivity contribution in [3.05, 3.63) is 28.3 Å². The summed E-state index contributed by atoms with van der Waals surface area (Å²) in [5, 5.41) is 31.4. The lowest BCUT2D eigenvalue weighted by atomic mass is 9.95. The Bertz CT molecular complexity index is 557. The number of anilines is 1. The summed E-state index contributed by atoms with van der Waals surface area (Å²) in [4.78, 5) is 32.7. The van der Waals surface area contributed by atoms with Crippen molar-refractivity contribution in [1.29, 1.82) is 0 Å². The number of carbonyl (C=O) groups is 2. The highest BCUT2D eigenvalue weighted by atomic mass is 16.6. The fourth-order valence-electron chi connectivity index (χ4n) is 1.49.